The fourth-order valence-electron chi connectivity index (χ4n) is 3.09. The average Bonchev–Trinajstić information content (AvgIpc) is 2.85. The van der Waals surface area contributed by atoms with Crippen LogP contribution in [0.15, 0.2) is 52.9 Å². The van der Waals surface area contributed by atoms with E-state index in [-0.39, 0.29) is 0 Å². The van der Waals surface area contributed by atoms with E-state index in [1.807, 2.05) is 36.4 Å². The molecule has 1 N–H and O–H groups in total. The molecule has 0 spiro atoms. The number of aromatic nitrogens is 1. The van der Waals surface area contributed by atoms with Crippen molar-refractivity contribution in [2.24, 2.45) is 0 Å². The fourth-order valence-corrected chi connectivity index (χ4v) is 3.09. The van der Waals surface area contributed by atoms with Crippen LogP contribution in [0.4, 0.5) is 0 Å². The molecule has 1 fully saturated rings. The molecule has 0 radical (unpaired) electrons. The Kier molecular flexibility index (Phi) is 4.09. The van der Waals surface area contributed by atoms with Crippen LogP contribution in [-0.4, -0.2) is 36.1 Å². The van der Waals surface area contributed by atoms with Crippen molar-refractivity contribution in [3.63, 3.8) is 0 Å². The Hall–Kier alpha value is -2.17. The summed E-state index contributed by atoms with van der Waals surface area (Å²) in [6.45, 7) is 5.43. The van der Waals surface area contributed by atoms with Crippen molar-refractivity contribution < 1.29 is 4.42 Å². The number of nitrogens with zero attached hydrogens (tertiary/aromatic N) is 2. The van der Waals surface area contributed by atoms with Gasteiger partial charge in [0.2, 0.25) is 5.89 Å². The van der Waals surface area contributed by atoms with Crippen LogP contribution in [0.3, 0.4) is 0 Å². The summed E-state index contributed by atoms with van der Waals surface area (Å²) in [4.78, 5) is 7.16. The van der Waals surface area contributed by atoms with Gasteiger partial charge in [0, 0.05) is 25.2 Å². The lowest BCUT2D eigenvalue weighted by Gasteiger charge is -2.19. The van der Waals surface area contributed by atoms with Crippen molar-refractivity contribution in [3.8, 4) is 11.5 Å². The van der Waals surface area contributed by atoms with Gasteiger partial charge < -0.3 is 9.73 Å². The first kappa shape index (κ1) is 14.4. The molecule has 4 heteroatoms. The lowest BCUT2D eigenvalue weighted by atomic mass is 10.2. The Labute approximate surface area is 136 Å². The molecule has 1 aromatic heterocycles. The van der Waals surface area contributed by atoms with Crippen molar-refractivity contribution in [2.45, 2.75) is 13.0 Å². The molecule has 1 aliphatic rings. The van der Waals surface area contributed by atoms with Gasteiger partial charge in [0.1, 0.15) is 5.52 Å². The van der Waals surface area contributed by atoms with E-state index in [0.29, 0.717) is 5.89 Å². The molecule has 1 aliphatic heterocycles. The third-order valence-electron chi connectivity index (χ3n) is 4.31. The standard InChI is InChI=1S/C19H21N3O/c1-2-5-16(6-3-1)19-21-17-13-15(7-8-18(17)23-19)14-22-11-4-9-20-10-12-22/h1-3,5-8,13,20H,4,9-12,14H2. The van der Waals surface area contributed by atoms with Crippen molar-refractivity contribution in [2.75, 3.05) is 26.2 Å². The molecule has 23 heavy (non-hydrogen) atoms. The number of hydrogen-bond donors (Lipinski definition) is 1. The predicted octanol–water partition coefficient (Wildman–Crippen LogP) is 3.29. The Bertz CT molecular complexity index is 774. The number of rotatable bonds is 3. The maximum Gasteiger partial charge on any atom is 0.227 e. The van der Waals surface area contributed by atoms with Crippen molar-refractivity contribution in [3.05, 3.63) is 54.1 Å². The monoisotopic (exact) mass is 307 g/mol. The van der Waals surface area contributed by atoms with Crippen molar-refractivity contribution >= 4 is 11.1 Å². The predicted molar refractivity (Wildman–Crippen MR) is 92.2 cm³/mol. The van der Waals surface area contributed by atoms with Crippen molar-refractivity contribution in [1.29, 1.82) is 0 Å². The minimum atomic E-state index is 0.691. The highest BCUT2D eigenvalue weighted by molar-refractivity contribution is 5.76. The zero-order chi connectivity index (χ0) is 15.5. The number of nitrogens with one attached hydrogen (secondary N) is 1. The maximum absolute atomic E-state index is 5.88. The summed E-state index contributed by atoms with van der Waals surface area (Å²) >= 11 is 0. The second-order valence-corrected chi connectivity index (χ2v) is 6.07. The van der Waals surface area contributed by atoms with Gasteiger partial charge in [0.05, 0.1) is 0 Å². The Balaban J connectivity index is 1.58. The SMILES string of the molecule is c1ccc(-c2nc3cc(CN4CCCNCC4)ccc3o2)cc1. The van der Waals surface area contributed by atoms with E-state index in [1.54, 1.807) is 0 Å². The summed E-state index contributed by atoms with van der Waals surface area (Å²) < 4.78 is 5.88. The van der Waals surface area contributed by atoms with Crippen LogP contribution in [0.25, 0.3) is 22.6 Å². The highest BCUT2D eigenvalue weighted by Crippen LogP contribution is 2.25. The Morgan fingerprint density at radius 1 is 1.04 bits per heavy atom. The summed E-state index contributed by atoms with van der Waals surface area (Å²) in [6, 6.07) is 16.4. The van der Waals surface area contributed by atoms with E-state index >= 15 is 0 Å². The third-order valence-corrected chi connectivity index (χ3v) is 4.31. The summed E-state index contributed by atoms with van der Waals surface area (Å²) in [7, 11) is 0. The van der Waals surface area contributed by atoms with Crippen LogP contribution in [0, 0.1) is 0 Å². The fraction of sp³-hybridized carbons (Fsp3) is 0.316. The number of benzene rings is 2. The van der Waals surface area contributed by atoms with Crippen LogP contribution in [0.2, 0.25) is 0 Å². The molecule has 3 aromatic rings. The zero-order valence-electron chi connectivity index (χ0n) is 13.2. The van der Waals surface area contributed by atoms with Gasteiger partial charge in [-0.2, -0.15) is 0 Å². The molecule has 0 aliphatic carbocycles. The highest BCUT2D eigenvalue weighted by Gasteiger charge is 2.12. The molecule has 2 aromatic carbocycles. The van der Waals surface area contributed by atoms with Crippen molar-refractivity contribution in [1.82, 2.24) is 15.2 Å². The molecule has 0 bridgehead atoms. The highest BCUT2D eigenvalue weighted by atomic mass is 16.3. The van der Waals surface area contributed by atoms with E-state index in [4.69, 9.17) is 4.42 Å². The van der Waals surface area contributed by atoms with E-state index < -0.39 is 0 Å². The Morgan fingerprint density at radius 3 is 2.87 bits per heavy atom. The zero-order valence-corrected chi connectivity index (χ0v) is 13.2. The van der Waals surface area contributed by atoms with E-state index in [9.17, 15) is 0 Å². The molecule has 0 amide bonds. The second-order valence-electron chi connectivity index (χ2n) is 6.07. The minimum absolute atomic E-state index is 0.691. The van der Waals surface area contributed by atoms with Gasteiger partial charge in [-0.3, -0.25) is 4.90 Å². The molecular formula is C19H21N3O. The van der Waals surface area contributed by atoms with E-state index in [1.165, 1.54) is 12.0 Å². The van der Waals surface area contributed by atoms with E-state index in [2.05, 4.69) is 27.3 Å². The molecule has 118 valence electrons. The van der Waals surface area contributed by atoms with Gasteiger partial charge in [-0.1, -0.05) is 24.3 Å². The van der Waals surface area contributed by atoms with Crippen LogP contribution < -0.4 is 5.32 Å². The maximum atomic E-state index is 5.88. The number of hydrogen-bond acceptors (Lipinski definition) is 4. The van der Waals surface area contributed by atoms with Gasteiger partial charge in [-0.05, 0) is 49.3 Å². The van der Waals surface area contributed by atoms with E-state index in [0.717, 1.165) is 49.4 Å². The van der Waals surface area contributed by atoms with Gasteiger partial charge in [0.25, 0.3) is 0 Å². The first-order valence-corrected chi connectivity index (χ1v) is 8.26. The summed E-state index contributed by atoms with van der Waals surface area (Å²) in [5.74, 6) is 0.691. The van der Waals surface area contributed by atoms with Crippen LogP contribution >= 0.6 is 0 Å². The number of oxazole rings is 1. The first-order valence-electron chi connectivity index (χ1n) is 8.26. The van der Waals surface area contributed by atoms with Gasteiger partial charge in [-0.25, -0.2) is 4.98 Å². The lowest BCUT2D eigenvalue weighted by Crippen LogP contribution is -2.27. The first-order chi connectivity index (χ1) is 11.4. The molecule has 4 rings (SSSR count). The van der Waals surface area contributed by atoms with Gasteiger partial charge in [-0.15, -0.1) is 0 Å². The normalized spacial score (nSPS) is 16.5. The molecular weight excluding hydrogens is 286 g/mol. The second kappa shape index (κ2) is 6.52. The van der Waals surface area contributed by atoms with Gasteiger partial charge in [0.15, 0.2) is 5.58 Å². The molecule has 0 unspecified atom stereocenters. The molecule has 1 saturated heterocycles. The summed E-state index contributed by atoms with van der Waals surface area (Å²) in [5, 5.41) is 3.45. The summed E-state index contributed by atoms with van der Waals surface area (Å²) in [6.07, 6.45) is 1.21. The lowest BCUT2D eigenvalue weighted by molar-refractivity contribution is 0.284. The quantitative estimate of drug-likeness (QED) is 0.806. The topological polar surface area (TPSA) is 41.3 Å². The van der Waals surface area contributed by atoms with Crippen LogP contribution in [0.5, 0.6) is 0 Å². The van der Waals surface area contributed by atoms with Gasteiger partial charge >= 0.3 is 0 Å². The third kappa shape index (κ3) is 3.28. The molecule has 0 saturated carbocycles. The van der Waals surface area contributed by atoms with Crippen LogP contribution in [0.1, 0.15) is 12.0 Å². The smallest absolute Gasteiger partial charge is 0.227 e. The molecule has 4 nitrogen and oxygen atoms in total. The number of fused-ring (bicyclic) bond motifs is 1. The summed E-state index contributed by atoms with van der Waals surface area (Å²) in [5.41, 5.74) is 4.11. The average molecular weight is 307 g/mol. The van der Waals surface area contributed by atoms with Crippen LogP contribution in [-0.2, 0) is 6.54 Å². The largest absolute Gasteiger partial charge is 0.436 e. The molecule has 2 heterocycles. The minimum Gasteiger partial charge on any atom is -0.436 e. The molecule has 0 atom stereocenters. The Morgan fingerprint density at radius 2 is 1.96 bits per heavy atom.